The standard InChI is InChI=1S/C23H27ClN4O3/c1-15-20(24)6-3-7-21(15)27-23(26-14-19-5-4-12-31-19)28-22(30)18-10-8-17(9-11-18)13-25-16(2)29/h3,6-11,19H,4-5,12-14H2,1-2H3,(H,25,29)(H2,26,27,28,30)/t19-/m1/s1. The van der Waals surface area contributed by atoms with Crippen LogP contribution in [0.3, 0.4) is 0 Å². The maximum absolute atomic E-state index is 12.8. The van der Waals surface area contributed by atoms with E-state index >= 15 is 0 Å². The first kappa shape index (κ1) is 22.8. The Bertz CT molecular complexity index is 954. The highest BCUT2D eigenvalue weighted by Gasteiger charge is 2.16. The van der Waals surface area contributed by atoms with Gasteiger partial charge in [0, 0.05) is 36.3 Å². The summed E-state index contributed by atoms with van der Waals surface area (Å²) in [6, 6.07) is 12.6. The molecule has 0 bridgehead atoms. The molecule has 1 saturated heterocycles. The number of nitrogens with zero attached hydrogens (tertiary/aromatic N) is 1. The van der Waals surface area contributed by atoms with E-state index in [0.717, 1.165) is 36.3 Å². The highest BCUT2D eigenvalue weighted by atomic mass is 35.5. The zero-order valence-electron chi connectivity index (χ0n) is 17.7. The third-order valence-electron chi connectivity index (χ3n) is 4.99. The van der Waals surface area contributed by atoms with Crippen molar-refractivity contribution < 1.29 is 14.3 Å². The normalized spacial score (nSPS) is 16.1. The highest BCUT2D eigenvalue weighted by Crippen LogP contribution is 2.23. The van der Waals surface area contributed by atoms with E-state index in [4.69, 9.17) is 16.3 Å². The van der Waals surface area contributed by atoms with Crippen molar-refractivity contribution in [2.75, 3.05) is 18.5 Å². The first-order valence-electron chi connectivity index (χ1n) is 10.3. The summed E-state index contributed by atoms with van der Waals surface area (Å²) in [5, 5.41) is 9.40. The van der Waals surface area contributed by atoms with Crippen molar-refractivity contribution in [2.45, 2.75) is 39.3 Å². The molecule has 3 rings (SSSR count). The van der Waals surface area contributed by atoms with Gasteiger partial charge in [0.2, 0.25) is 11.9 Å². The number of benzene rings is 2. The molecule has 0 spiro atoms. The fourth-order valence-corrected chi connectivity index (χ4v) is 3.32. The molecule has 0 unspecified atom stereocenters. The molecule has 7 nitrogen and oxygen atoms in total. The maximum atomic E-state index is 12.8. The van der Waals surface area contributed by atoms with Crippen molar-refractivity contribution in [3.05, 3.63) is 64.2 Å². The first-order valence-corrected chi connectivity index (χ1v) is 10.6. The van der Waals surface area contributed by atoms with Crippen molar-refractivity contribution >= 4 is 35.1 Å². The molecule has 8 heteroatoms. The highest BCUT2D eigenvalue weighted by molar-refractivity contribution is 6.31. The third-order valence-corrected chi connectivity index (χ3v) is 5.40. The zero-order chi connectivity index (χ0) is 22.2. The topological polar surface area (TPSA) is 91.8 Å². The molecule has 0 radical (unpaired) electrons. The molecular formula is C23H27ClN4O3. The molecule has 2 aromatic carbocycles. The van der Waals surface area contributed by atoms with Gasteiger partial charge in [-0.15, -0.1) is 0 Å². The molecule has 31 heavy (non-hydrogen) atoms. The van der Waals surface area contributed by atoms with E-state index in [1.165, 1.54) is 6.92 Å². The van der Waals surface area contributed by atoms with E-state index in [-0.39, 0.29) is 17.9 Å². The van der Waals surface area contributed by atoms with Gasteiger partial charge in [0.1, 0.15) is 0 Å². The second-order valence-electron chi connectivity index (χ2n) is 7.42. The molecule has 0 aromatic heterocycles. The van der Waals surface area contributed by atoms with Crippen LogP contribution >= 0.6 is 11.6 Å². The van der Waals surface area contributed by atoms with Gasteiger partial charge in [-0.3, -0.25) is 14.9 Å². The van der Waals surface area contributed by atoms with Crippen molar-refractivity contribution in [1.29, 1.82) is 0 Å². The fraction of sp³-hybridized carbons (Fsp3) is 0.348. The SMILES string of the molecule is CC(=O)NCc1ccc(C(=O)NC(=NC[C@H]2CCCO2)Nc2cccc(Cl)c2C)cc1. The molecule has 0 saturated carbocycles. The molecule has 1 fully saturated rings. The maximum Gasteiger partial charge on any atom is 0.257 e. The van der Waals surface area contributed by atoms with Gasteiger partial charge in [0.25, 0.3) is 5.91 Å². The largest absolute Gasteiger partial charge is 0.376 e. The van der Waals surface area contributed by atoms with Crippen molar-refractivity contribution in [3.8, 4) is 0 Å². The van der Waals surface area contributed by atoms with Crippen LogP contribution in [0.1, 0.15) is 41.3 Å². The van der Waals surface area contributed by atoms with Crippen LogP contribution < -0.4 is 16.0 Å². The number of aliphatic imine (C=N–C) groups is 1. The smallest absolute Gasteiger partial charge is 0.257 e. The van der Waals surface area contributed by atoms with E-state index < -0.39 is 0 Å². The van der Waals surface area contributed by atoms with Crippen LogP contribution in [0.25, 0.3) is 0 Å². The van der Waals surface area contributed by atoms with Gasteiger partial charge in [-0.2, -0.15) is 0 Å². The van der Waals surface area contributed by atoms with Crippen LogP contribution in [0.4, 0.5) is 5.69 Å². The van der Waals surface area contributed by atoms with Gasteiger partial charge in [-0.25, -0.2) is 4.99 Å². The van der Waals surface area contributed by atoms with Crippen LogP contribution in [-0.4, -0.2) is 37.0 Å². The van der Waals surface area contributed by atoms with E-state index in [1.807, 2.05) is 37.3 Å². The Morgan fingerprint density at radius 3 is 2.65 bits per heavy atom. The van der Waals surface area contributed by atoms with Crippen LogP contribution in [0.2, 0.25) is 5.02 Å². The lowest BCUT2D eigenvalue weighted by molar-refractivity contribution is -0.119. The lowest BCUT2D eigenvalue weighted by Gasteiger charge is -2.15. The second kappa shape index (κ2) is 10.9. The zero-order valence-corrected chi connectivity index (χ0v) is 18.5. The average Bonchev–Trinajstić information content (AvgIpc) is 3.27. The van der Waals surface area contributed by atoms with Crippen molar-refractivity contribution in [2.24, 2.45) is 4.99 Å². The number of carbonyl (C=O) groups is 2. The van der Waals surface area contributed by atoms with Crippen LogP contribution in [0.5, 0.6) is 0 Å². The number of hydrogen-bond acceptors (Lipinski definition) is 4. The van der Waals surface area contributed by atoms with Gasteiger partial charge < -0.3 is 15.4 Å². The summed E-state index contributed by atoms with van der Waals surface area (Å²) in [6.07, 6.45) is 2.03. The van der Waals surface area contributed by atoms with Crippen LogP contribution in [-0.2, 0) is 16.1 Å². The van der Waals surface area contributed by atoms with Gasteiger partial charge in [0.05, 0.1) is 12.6 Å². The summed E-state index contributed by atoms with van der Waals surface area (Å²) < 4.78 is 5.64. The third kappa shape index (κ3) is 6.80. The van der Waals surface area contributed by atoms with E-state index in [2.05, 4.69) is 20.9 Å². The van der Waals surface area contributed by atoms with Crippen molar-refractivity contribution in [1.82, 2.24) is 10.6 Å². The predicted octanol–water partition coefficient (Wildman–Crippen LogP) is 3.66. The van der Waals surface area contributed by atoms with Gasteiger partial charge in [0.15, 0.2) is 0 Å². The van der Waals surface area contributed by atoms with E-state index in [1.54, 1.807) is 12.1 Å². The lowest BCUT2D eigenvalue weighted by atomic mass is 10.1. The minimum Gasteiger partial charge on any atom is -0.376 e. The number of rotatable bonds is 6. The van der Waals surface area contributed by atoms with E-state index in [9.17, 15) is 9.59 Å². The van der Waals surface area contributed by atoms with E-state index in [0.29, 0.717) is 29.6 Å². The Morgan fingerprint density at radius 1 is 1.19 bits per heavy atom. The van der Waals surface area contributed by atoms with Crippen LogP contribution in [0.15, 0.2) is 47.5 Å². The van der Waals surface area contributed by atoms with Gasteiger partial charge in [-0.05, 0) is 55.2 Å². The first-order chi connectivity index (χ1) is 14.9. The Morgan fingerprint density at radius 2 is 1.97 bits per heavy atom. The molecule has 3 N–H and O–H groups in total. The molecule has 164 valence electrons. The quantitative estimate of drug-likeness (QED) is 0.470. The molecule has 1 atom stereocenters. The summed E-state index contributed by atoms with van der Waals surface area (Å²) in [7, 11) is 0. The number of halogens is 1. The number of carbonyl (C=O) groups excluding carboxylic acids is 2. The predicted molar refractivity (Wildman–Crippen MR) is 123 cm³/mol. The number of guanidine groups is 1. The molecule has 1 heterocycles. The Kier molecular flexibility index (Phi) is 8.03. The lowest BCUT2D eigenvalue weighted by Crippen LogP contribution is -2.37. The minimum absolute atomic E-state index is 0.0576. The number of amides is 2. The molecule has 2 aromatic rings. The molecular weight excluding hydrogens is 416 g/mol. The molecule has 1 aliphatic heterocycles. The molecule has 2 amide bonds. The summed E-state index contributed by atoms with van der Waals surface area (Å²) >= 11 is 6.23. The Balaban J connectivity index is 1.72. The Hall–Kier alpha value is -2.90. The van der Waals surface area contributed by atoms with Crippen LogP contribution in [0, 0.1) is 6.92 Å². The monoisotopic (exact) mass is 442 g/mol. The minimum atomic E-state index is -0.288. The average molecular weight is 443 g/mol. The number of ether oxygens (including phenoxy) is 1. The molecule has 1 aliphatic rings. The summed E-state index contributed by atoms with van der Waals surface area (Å²) in [4.78, 5) is 28.4. The summed E-state index contributed by atoms with van der Waals surface area (Å²) in [6.45, 7) is 4.98. The van der Waals surface area contributed by atoms with Gasteiger partial charge in [-0.1, -0.05) is 29.8 Å². The summed E-state index contributed by atoms with van der Waals surface area (Å²) in [5.41, 5.74) is 3.03. The summed E-state index contributed by atoms with van der Waals surface area (Å²) in [5.74, 6) is -0.0474. The fourth-order valence-electron chi connectivity index (χ4n) is 3.14. The second-order valence-corrected chi connectivity index (χ2v) is 7.83. The van der Waals surface area contributed by atoms with Crippen molar-refractivity contribution in [3.63, 3.8) is 0 Å². The Labute approximate surface area is 187 Å². The number of hydrogen-bond donors (Lipinski definition) is 3. The number of nitrogens with one attached hydrogen (secondary N) is 3. The van der Waals surface area contributed by atoms with Gasteiger partial charge >= 0.3 is 0 Å². The number of anilines is 1. The molecule has 0 aliphatic carbocycles.